The summed E-state index contributed by atoms with van der Waals surface area (Å²) >= 11 is 5.87. The van der Waals surface area contributed by atoms with Gasteiger partial charge in [-0.15, -0.1) is 0 Å². The van der Waals surface area contributed by atoms with Crippen molar-refractivity contribution < 1.29 is 19.1 Å². The van der Waals surface area contributed by atoms with Crippen molar-refractivity contribution in [3.05, 3.63) is 70.2 Å². The van der Waals surface area contributed by atoms with E-state index in [0.29, 0.717) is 22.8 Å². The smallest absolute Gasteiger partial charge is 0.338 e. The summed E-state index contributed by atoms with van der Waals surface area (Å²) in [6.45, 7) is 2.18. The van der Waals surface area contributed by atoms with Crippen LogP contribution in [0.3, 0.4) is 0 Å². The molecule has 0 heterocycles. The van der Waals surface area contributed by atoms with E-state index in [4.69, 9.17) is 21.1 Å². The Bertz CT molecular complexity index is 665. The normalized spacial score (nSPS) is 10.1. The molecule has 114 valence electrons. The van der Waals surface area contributed by atoms with Crippen molar-refractivity contribution in [3.63, 3.8) is 0 Å². The zero-order valence-electron chi connectivity index (χ0n) is 12.0. The average molecular weight is 319 g/mol. The van der Waals surface area contributed by atoms with Crippen LogP contribution in [0.5, 0.6) is 0 Å². The van der Waals surface area contributed by atoms with E-state index in [2.05, 4.69) is 0 Å². The fraction of sp³-hybridized carbons (Fsp3) is 0.176. The van der Waals surface area contributed by atoms with E-state index in [0.717, 1.165) is 5.56 Å². The van der Waals surface area contributed by atoms with Gasteiger partial charge in [-0.3, -0.25) is 0 Å². The van der Waals surface area contributed by atoms with Crippen LogP contribution in [0.15, 0.2) is 48.5 Å². The summed E-state index contributed by atoms with van der Waals surface area (Å²) in [5.41, 5.74) is 1.58. The molecule has 0 aliphatic heterocycles. The van der Waals surface area contributed by atoms with Crippen LogP contribution in [0.4, 0.5) is 0 Å². The van der Waals surface area contributed by atoms with Crippen LogP contribution in [-0.2, 0) is 16.1 Å². The SMILES string of the molecule is CCOC(=O)c1ccc(C(=O)OCc2cccc(Cl)c2)cc1. The van der Waals surface area contributed by atoms with Crippen molar-refractivity contribution in [2.75, 3.05) is 6.61 Å². The van der Waals surface area contributed by atoms with Gasteiger partial charge < -0.3 is 9.47 Å². The Morgan fingerprint density at radius 3 is 2.09 bits per heavy atom. The highest BCUT2D eigenvalue weighted by molar-refractivity contribution is 6.30. The van der Waals surface area contributed by atoms with Crippen LogP contribution in [0.25, 0.3) is 0 Å². The molecule has 22 heavy (non-hydrogen) atoms. The van der Waals surface area contributed by atoms with Crippen LogP contribution in [0, 0.1) is 0 Å². The van der Waals surface area contributed by atoms with E-state index in [1.165, 1.54) is 24.3 Å². The molecule has 0 aromatic heterocycles. The van der Waals surface area contributed by atoms with Gasteiger partial charge in [-0.05, 0) is 48.9 Å². The number of carbonyl (C=O) groups excluding carboxylic acids is 2. The van der Waals surface area contributed by atoms with Gasteiger partial charge in [0.2, 0.25) is 0 Å². The van der Waals surface area contributed by atoms with Crippen LogP contribution < -0.4 is 0 Å². The van der Waals surface area contributed by atoms with Gasteiger partial charge in [-0.1, -0.05) is 23.7 Å². The summed E-state index contributed by atoms with van der Waals surface area (Å²) in [6.07, 6.45) is 0. The van der Waals surface area contributed by atoms with Crippen molar-refractivity contribution in [2.24, 2.45) is 0 Å². The fourth-order valence-electron chi connectivity index (χ4n) is 1.82. The number of carbonyl (C=O) groups is 2. The Kier molecular flexibility index (Phi) is 5.55. The summed E-state index contributed by atoms with van der Waals surface area (Å²) in [5, 5.41) is 0.590. The molecule has 0 radical (unpaired) electrons. The summed E-state index contributed by atoms with van der Waals surface area (Å²) in [5.74, 6) is -0.878. The predicted molar refractivity (Wildman–Crippen MR) is 83.0 cm³/mol. The Morgan fingerprint density at radius 1 is 0.955 bits per heavy atom. The van der Waals surface area contributed by atoms with Crippen LogP contribution in [-0.4, -0.2) is 18.5 Å². The second-order valence-corrected chi connectivity index (χ2v) is 4.94. The van der Waals surface area contributed by atoms with Gasteiger partial charge in [0.05, 0.1) is 17.7 Å². The molecule has 0 aliphatic carbocycles. The van der Waals surface area contributed by atoms with E-state index < -0.39 is 11.9 Å². The highest BCUT2D eigenvalue weighted by atomic mass is 35.5. The minimum Gasteiger partial charge on any atom is -0.462 e. The molecule has 2 aromatic rings. The molecule has 2 aromatic carbocycles. The van der Waals surface area contributed by atoms with Crippen LogP contribution >= 0.6 is 11.6 Å². The molecular weight excluding hydrogens is 304 g/mol. The first-order valence-electron chi connectivity index (χ1n) is 6.79. The molecule has 0 aliphatic rings. The molecule has 0 saturated carbocycles. The lowest BCUT2D eigenvalue weighted by Crippen LogP contribution is -2.07. The number of esters is 2. The molecular formula is C17H15ClO4. The maximum Gasteiger partial charge on any atom is 0.338 e. The van der Waals surface area contributed by atoms with Gasteiger partial charge >= 0.3 is 11.9 Å². The van der Waals surface area contributed by atoms with Crippen molar-refractivity contribution in [1.82, 2.24) is 0 Å². The first kappa shape index (κ1) is 16.0. The molecule has 0 spiro atoms. The second kappa shape index (κ2) is 7.61. The molecule has 0 N–H and O–H groups in total. The third-order valence-electron chi connectivity index (χ3n) is 2.89. The van der Waals surface area contributed by atoms with E-state index in [1.54, 1.807) is 25.1 Å². The number of hydrogen-bond acceptors (Lipinski definition) is 4. The minimum atomic E-state index is -0.463. The standard InChI is InChI=1S/C17H15ClO4/c1-2-21-16(19)13-6-8-14(9-7-13)17(20)22-11-12-4-3-5-15(18)10-12/h3-10H,2,11H2,1H3. The molecule has 0 bridgehead atoms. The quantitative estimate of drug-likeness (QED) is 0.785. The van der Waals surface area contributed by atoms with E-state index in [9.17, 15) is 9.59 Å². The summed E-state index contributed by atoms with van der Waals surface area (Å²) in [7, 11) is 0. The second-order valence-electron chi connectivity index (χ2n) is 4.50. The summed E-state index contributed by atoms with van der Waals surface area (Å²) in [4.78, 5) is 23.5. The largest absolute Gasteiger partial charge is 0.462 e. The zero-order valence-corrected chi connectivity index (χ0v) is 12.8. The molecule has 0 atom stereocenters. The van der Waals surface area contributed by atoms with Gasteiger partial charge in [0, 0.05) is 5.02 Å². The number of benzene rings is 2. The fourth-order valence-corrected chi connectivity index (χ4v) is 2.03. The first-order valence-corrected chi connectivity index (χ1v) is 7.16. The maximum atomic E-state index is 11.9. The molecule has 0 unspecified atom stereocenters. The Hall–Kier alpha value is -2.33. The topological polar surface area (TPSA) is 52.6 Å². The number of halogens is 1. The summed E-state index contributed by atoms with van der Waals surface area (Å²) in [6, 6.07) is 13.2. The predicted octanol–water partition coefficient (Wildman–Crippen LogP) is 3.87. The monoisotopic (exact) mass is 318 g/mol. The molecule has 0 saturated heterocycles. The number of ether oxygens (including phenoxy) is 2. The molecule has 5 heteroatoms. The lowest BCUT2D eigenvalue weighted by atomic mass is 10.1. The lowest BCUT2D eigenvalue weighted by molar-refractivity contribution is 0.0469. The van der Waals surface area contributed by atoms with Crippen molar-refractivity contribution in [1.29, 1.82) is 0 Å². The Labute approximate surface area is 133 Å². The van der Waals surface area contributed by atoms with Crippen LogP contribution in [0.2, 0.25) is 5.02 Å². The Balaban J connectivity index is 1.96. The van der Waals surface area contributed by atoms with Gasteiger partial charge in [0.25, 0.3) is 0 Å². The van der Waals surface area contributed by atoms with Gasteiger partial charge in [-0.2, -0.15) is 0 Å². The van der Waals surface area contributed by atoms with Gasteiger partial charge in [0.15, 0.2) is 0 Å². The van der Waals surface area contributed by atoms with Crippen molar-refractivity contribution in [2.45, 2.75) is 13.5 Å². The maximum absolute atomic E-state index is 11.9. The average Bonchev–Trinajstić information content (AvgIpc) is 2.53. The highest BCUT2D eigenvalue weighted by Crippen LogP contribution is 2.13. The van der Waals surface area contributed by atoms with E-state index in [1.807, 2.05) is 6.07 Å². The Morgan fingerprint density at radius 2 is 1.55 bits per heavy atom. The van der Waals surface area contributed by atoms with Gasteiger partial charge in [-0.25, -0.2) is 9.59 Å². The zero-order chi connectivity index (χ0) is 15.9. The highest BCUT2D eigenvalue weighted by Gasteiger charge is 2.10. The minimum absolute atomic E-state index is 0.138. The van der Waals surface area contributed by atoms with E-state index in [-0.39, 0.29) is 6.61 Å². The third kappa shape index (κ3) is 4.33. The first-order chi connectivity index (χ1) is 10.6. The van der Waals surface area contributed by atoms with Crippen molar-refractivity contribution >= 4 is 23.5 Å². The molecule has 0 fully saturated rings. The number of rotatable bonds is 5. The van der Waals surface area contributed by atoms with Crippen molar-refractivity contribution in [3.8, 4) is 0 Å². The van der Waals surface area contributed by atoms with Gasteiger partial charge in [0.1, 0.15) is 6.61 Å². The molecule has 2 rings (SSSR count). The van der Waals surface area contributed by atoms with Crippen LogP contribution in [0.1, 0.15) is 33.2 Å². The van der Waals surface area contributed by atoms with E-state index >= 15 is 0 Å². The third-order valence-corrected chi connectivity index (χ3v) is 3.13. The molecule has 0 amide bonds. The number of hydrogen-bond donors (Lipinski definition) is 0. The lowest BCUT2D eigenvalue weighted by Gasteiger charge is -2.06. The summed E-state index contributed by atoms with van der Waals surface area (Å²) < 4.78 is 10.1. The molecule has 4 nitrogen and oxygen atoms in total.